The van der Waals surface area contributed by atoms with Gasteiger partial charge in [0.15, 0.2) is 0 Å². The van der Waals surface area contributed by atoms with Crippen LogP contribution in [0.5, 0.6) is 0 Å². The molecule has 19 heavy (non-hydrogen) atoms. The Bertz CT molecular complexity index is 643. The van der Waals surface area contributed by atoms with E-state index in [0.29, 0.717) is 19.0 Å². The summed E-state index contributed by atoms with van der Waals surface area (Å²) in [6.07, 6.45) is 1.41. The second-order valence-corrected chi connectivity index (χ2v) is 4.26. The maximum atomic E-state index is 10.7. The van der Waals surface area contributed by atoms with E-state index in [0.717, 1.165) is 11.3 Å². The van der Waals surface area contributed by atoms with Crippen molar-refractivity contribution in [1.29, 1.82) is 0 Å². The minimum atomic E-state index is -0.441. The monoisotopic (exact) mass is 257 g/mol. The highest BCUT2D eigenvalue weighted by Crippen LogP contribution is 2.25. The topological polar surface area (TPSA) is 77.3 Å². The molecule has 0 saturated heterocycles. The maximum Gasteiger partial charge on any atom is 0.274 e. The van der Waals surface area contributed by atoms with Gasteiger partial charge in [0.2, 0.25) is 0 Å². The summed E-state index contributed by atoms with van der Waals surface area (Å²) in [6.45, 7) is 1.25. The van der Waals surface area contributed by atoms with Crippen LogP contribution in [0.1, 0.15) is 11.1 Å². The Labute approximate surface area is 109 Å². The van der Waals surface area contributed by atoms with Crippen molar-refractivity contribution < 1.29 is 9.66 Å². The Morgan fingerprint density at radius 2 is 2.05 bits per heavy atom. The summed E-state index contributed by atoms with van der Waals surface area (Å²) in [6, 6.07) is 8.64. The third-order valence-corrected chi connectivity index (χ3v) is 2.95. The molecule has 0 amide bonds. The van der Waals surface area contributed by atoms with E-state index in [9.17, 15) is 10.1 Å². The number of hydrogen-bond donors (Lipinski definition) is 1. The lowest BCUT2D eigenvalue weighted by Crippen LogP contribution is -1.96. The highest BCUT2D eigenvalue weighted by Gasteiger charge is 2.12. The van der Waals surface area contributed by atoms with Gasteiger partial charge in [-0.3, -0.25) is 10.1 Å². The summed E-state index contributed by atoms with van der Waals surface area (Å²) < 4.78 is 5.34. The van der Waals surface area contributed by atoms with Crippen LogP contribution in [-0.2, 0) is 18.0 Å². The van der Waals surface area contributed by atoms with Crippen molar-refractivity contribution in [3.8, 4) is 0 Å². The molecule has 6 nitrogen and oxygen atoms in total. The molecule has 0 radical (unpaired) electrons. The number of fused-ring (bicyclic) bond motifs is 1. The number of nitrogens with zero attached hydrogens (tertiary/aromatic N) is 2. The average Bonchev–Trinajstić information content (AvgIpc) is 2.86. The van der Waals surface area contributed by atoms with E-state index in [-0.39, 0.29) is 5.69 Å². The summed E-state index contributed by atoms with van der Waals surface area (Å²) in [7, 11) is 0. The van der Waals surface area contributed by atoms with Gasteiger partial charge in [0.1, 0.15) is 5.82 Å². The van der Waals surface area contributed by atoms with Crippen molar-refractivity contribution in [2.24, 2.45) is 0 Å². The van der Waals surface area contributed by atoms with Gasteiger partial charge in [-0.15, -0.1) is 0 Å². The molecule has 0 bridgehead atoms. The molecular formula is C13H11N3O3. The third-order valence-electron chi connectivity index (χ3n) is 2.95. The van der Waals surface area contributed by atoms with Gasteiger partial charge in [0, 0.05) is 18.0 Å². The van der Waals surface area contributed by atoms with Crippen LogP contribution in [0.4, 0.5) is 17.2 Å². The van der Waals surface area contributed by atoms with Gasteiger partial charge < -0.3 is 10.1 Å². The number of rotatable bonds is 3. The number of aromatic nitrogens is 1. The second kappa shape index (κ2) is 4.66. The van der Waals surface area contributed by atoms with Gasteiger partial charge in [-0.25, -0.2) is 4.98 Å². The zero-order chi connectivity index (χ0) is 13.2. The average molecular weight is 257 g/mol. The van der Waals surface area contributed by atoms with Gasteiger partial charge in [0.25, 0.3) is 5.69 Å². The van der Waals surface area contributed by atoms with Crippen LogP contribution >= 0.6 is 0 Å². The molecule has 1 aromatic heterocycles. The van der Waals surface area contributed by atoms with Gasteiger partial charge in [-0.1, -0.05) is 6.07 Å². The van der Waals surface area contributed by atoms with Crippen molar-refractivity contribution in [2.45, 2.75) is 13.2 Å². The molecule has 1 aliphatic heterocycles. The molecule has 0 unspecified atom stereocenters. The number of benzene rings is 1. The third kappa shape index (κ3) is 2.38. The number of nitrogens with one attached hydrogen (secondary N) is 1. The first-order valence-corrected chi connectivity index (χ1v) is 5.79. The van der Waals surface area contributed by atoms with Crippen LogP contribution in [0.2, 0.25) is 0 Å². The number of hydrogen-bond acceptors (Lipinski definition) is 5. The zero-order valence-corrected chi connectivity index (χ0v) is 10.00. The van der Waals surface area contributed by atoms with E-state index >= 15 is 0 Å². The van der Waals surface area contributed by atoms with E-state index in [1.807, 2.05) is 18.2 Å². The van der Waals surface area contributed by atoms with Gasteiger partial charge in [-0.05, 0) is 23.3 Å². The van der Waals surface area contributed by atoms with Crippen LogP contribution in [0.15, 0.2) is 36.5 Å². The molecular weight excluding hydrogens is 246 g/mol. The van der Waals surface area contributed by atoms with Crippen molar-refractivity contribution >= 4 is 17.2 Å². The molecule has 1 aliphatic rings. The standard InChI is InChI=1S/C13H11N3O3/c17-16(18)12-3-4-14-13(6-12)15-11-2-1-9-7-19-8-10(9)5-11/h1-6H,7-8H2,(H,14,15). The Balaban J connectivity index is 1.85. The van der Waals surface area contributed by atoms with E-state index in [1.54, 1.807) is 0 Å². The predicted octanol–water partition coefficient (Wildman–Crippen LogP) is 2.76. The number of pyridine rings is 1. The van der Waals surface area contributed by atoms with Gasteiger partial charge >= 0.3 is 0 Å². The van der Waals surface area contributed by atoms with Crippen LogP contribution in [-0.4, -0.2) is 9.91 Å². The fourth-order valence-corrected chi connectivity index (χ4v) is 2.00. The summed E-state index contributed by atoms with van der Waals surface area (Å²) in [5, 5.41) is 13.8. The Kier molecular flexibility index (Phi) is 2.85. The minimum Gasteiger partial charge on any atom is -0.372 e. The minimum absolute atomic E-state index is 0.0157. The summed E-state index contributed by atoms with van der Waals surface area (Å²) in [5.41, 5.74) is 3.17. The van der Waals surface area contributed by atoms with E-state index in [2.05, 4.69) is 10.3 Å². The molecule has 0 spiro atoms. The molecule has 1 aromatic carbocycles. The van der Waals surface area contributed by atoms with Crippen LogP contribution in [0, 0.1) is 10.1 Å². The fourth-order valence-electron chi connectivity index (χ4n) is 2.00. The molecule has 0 saturated carbocycles. The first-order valence-electron chi connectivity index (χ1n) is 5.79. The largest absolute Gasteiger partial charge is 0.372 e. The molecule has 1 N–H and O–H groups in total. The zero-order valence-electron chi connectivity index (χ0n) is 10.00. The van der Waals surface area contributed by atoms with Gasteiger partial charge in [-0.2, -0.15) is 0 Å². The van der Waals surface area contributed by atoms with Crippen molar-refractivity contribution in [1.82, 2.24) is 4.98 Å². The van der Waals surface area contributed by atoms with Crippen LogP contribution in [0.25, 0.3) is 0 Å². The molecule has 96 valence electrons. The summed E-state index contributed by atoms with van der Waals surface area (Å²) in [5.74, 6) is 0.452. The highest BCUT2D eigenvalue weighted by atomic mass is 16.6. The SMILES string of the molecule is O=[N+]([O-])c1ccnc(Nc2ccc3c(c2)COC3)c1. The van der Waals surface area contributed by atoms with E-state index in [4.69, 9.17) is 4.74 Å². The quantitative estimate of drug-likeness (QED) is 0.675. The lowest BCUT2D eigenvalue weighted by atomic mass is 10.1. The van der Waals surface area contributed by atoms with Gasteiger partial charge in [0.05, 0.1) is 24.2 Å². The lowest BCUT2D eigenvalue weighted by Gasteiger charge is -2.06. The summed E-state index contributed by atoms with van der Waals surface area (Å²) >= 11 is 0. The first-order chi connectivity index (χ1) is 9.22. The Hall–Kier alpha value is -2.47. The normalized spacial score (nSPS) is 13.1. The predicted molar refractivity (Wildman–Crippen MR) is 69.1 cm³/mol. The number of anilines is 2. The lowest BCUT2D eigenvalue weighted by molar-refractivity contribution is -0.384. The fraction of sp³-hybridized carbons (Fsp3) is 0.154. The molecule has 0 atom stereocenters. The van der Waals surface area contributed by atoms with E-state index < -0.39 is 4.92 Å². The molecule has 3 rings (SSSR count). The maximum absolute atomic E-state index is 10.7. The Morgan fingerprint density at radius 3 is 2.89 bits per heavy atom. The van der Waals surface area contributed by atoms with Crippen LogP contribution in [0.3, 0.4) is 0 Å². The Morgan fingerprint density at radius 1 is 1.21 bits per heavy atom. The van der Waals surface area contributed by atoms with Crippen LogP contribution < -0.4 is 5.32 Å². The number of ether oxygens (including phenoxy) is 1. The smallest absolute Gasteiger partial charge is 0.274 e. The number of nitro groups is 1. The molecule has 0 aliphatic carbocycles. The summed E-state index contributed by atoms with van der Waals surface area (Å²) in [4.78, 5) is 14.3. The molecule has 0 fully saturated rings. The van der Waals surface area contributed by atoms with Crippen molar-refractivity contribution in [2.75, 3.05) is 5.32 Å². The molecule has 2 heterocycles. The first kappa shape index (κ1) is 11.6. The van der Waals surface area contributed by atoms with Crippen molar-refractivity contribution in [3.63, 3.8) is 0 Å². The van der Waals surface area contributed by atoms with E-state index in [1.165, 1.54) is 23.9 Å². The van der Waals surface area contributed by atoms with Crippen molar-refractivity contribution in [3.05, 3.63) is 57.8 Å². The molecule has 6 heteroatoms. The highest BCUT2D eigenvalue weighted by molar-refractivity contribution is 5.60. The molecule has 2 aromatic rings. The second-order valence-electron chi connectivity index (χ2n) is 4.26.